The molecule has 8 rings (SSSR count). The van der Waals surface area contributed by atoms with E-state index in [1.807, 2.05) is 4.98 Å². The summed E-state index contributed by atoms with van der Waals surface area (Å²) in [6, 6.07) is 22.6. The van der Waals surface area contributed by atoms with Crippen LogP contribution < -0.4 is 16.6 Å². The summed E-state index contributed by atoms with van der Waals surface area (Å²) in [4.78, 5) is 111. The topological polar surface area (TPSA) is 335 Å². The number of aliphatic hydroxyl groups excluding tert-OH is 3. The molecule has 1 amide bonds. The molecule has 23 nitrogen and oxygen atoms in total. The number of aliphatic carboxylic acids is 1. The van der Waals surface area contributed by atoms with Gasteiger partial charge in [-0.2, -0.15) is 0 Å². The number of ether oxygens (including phenoxy) is 8. The van der Waals surface area contributed by atoms with Gasteiger partial charge < -0.3 is 73.4 Å². The number of carboxylic acid groups (broad SMARTS) is 1. The fourth-order valence-electron chi connectivity index (χ4n) is 10.1. The number of aldehydes is 1. The first-order valence-corrected chi connectivity index (χ1v) is 25.4. The number of hydrogen-bond acceptors (Lipinski definition) is 19. The van der Waals surface area contributed by atoms with Gasteiger partial charge in [0.15, 0.2) is 30.9 Å². The Morgan fingerprint density at radius 3 is 1.88 bits per heavy atom. The van der Waals surface area contributed by atoms with Crippen molar-refractivity contribution in [2.75, 3.05) is 6.61 Å². The van der Waals surface area contributed by atoms with E-state index in [-0.39, 0.29) is 41.9 Å². The van der Waals surface area contributed by atoms with Crippen LogP contribution in [0.15, 0.2) is 107 Å². The lowest BCUT2D eigenvalue weighted by molar-refractivity contribution is -0.346. The highest BCUT2D eigenvalue weighted by molar-refractivity contribution is 5.92. The third kappa shape index (κ3) is 14.2. The zero-order valence-electron chi connectivity index (χ0n) is 41.7. The van der Waals surface area contributed by atoms with Gasteiger partial charge in [-0.15, -0.1) is 0 Å². The number of amides is 1. The molecule has 0 radical (unpaired) electrons. The molecule has 3 aromatic carbocycles. The number of benzene rings is 3. The summed E-state index contributed by atoms with van der Waals surface area (Å²) >= 11 is 0. The van der Waals surface area contributed by atoms with Crippen LogP contribution in [-0.2, 0) is 47.5 Å². The number of carbonyl (C=O) groups is 6. The van der Waals surface area contributed by atoms with Crippen molar-refractivity contribution >= 4 is 36.1 Å². The molecular weight excluding hydrogens is 1010 g/mol. The van der Waals surface area contributed by atoms with Crippen LogP contribution in [0.4, 0.5) is 0 Å². The lowest BCUT2D eigenvalue weighted by atomic mass is 9.82. The van der Waals surface area contributed by atoms with Crippen molar-refractivity contribution in [3.8, 4) is 0 Å². The van der Waals surface area contributed by atoms with E-state index in [9.17, 15) is 58.8 Å². The normalized spacial score (nSPS) is 30.0. The molecule has 2 aliphatic heterocycles. The maximum absolute atomic E-state index is 14.4. The van der Waals surface area contributed by atoms with Gasteiger partial charge in [-0.1, -0.05) is 86.7 Å². The van der Waals surface area contributed by atoms with Crippen LogP contribution in [0.5, 0.6) is 0 Å². The van der Waals surface area contributed by atoms with Crippen LogP contribution in [0.3, 0.4) is 0 Å². The van der Waals surface area contributed by atoms with E-state index >= 15 is 0 Å². The monoisotopic (exact) mass is 1070 g/mol. The van der Waals surface area contributed by atoms with E-state index in [2.05, 4.69) is 10.3 Å². The predicted octanol–water partition coefficient (Wildman–Crippen LogP) is 2.21. The second kappa shape index (κ2) is 25.9. The SMILES string of the molecule is CC1OC(OC2C(NC(=O)c3cc(=O)[nH]c(=O)[nH]3)CC(C=O)CC2OC2OC(COC(=O)c3ccccc3)C(OC(=O)c3ccccc3)C(O[C@@H](CC3CCCCC3)C(=O)O)C2OC(=O)c2ccccc2)C(O)C(O)C1O. The minimum Gasteiger partial charge on any atom is -0.479 e. The third-order valence-corrected chi connectivity index (χ3v) is 14.1. The van der Waals surface area contributed by atoms with Gasteiger partial charge in [0.05, 0.1) is 34.9 Å². The number of hydrogen-bond donors (Lipinski definition) is 7. The van der Waals surface area contributed by atoms with Crippen molar-refractivity contribution in [1.29, 1.82) is 0 Å². The number of aromatic amines is 2. The maximum atomic E-state index is 14.4. The van der Waals surface area contributed by atoms with Gasteiger partial charge in [0.1, 0.15) is 55.2 Å². The van der Waals surface area contributed by atoms with E-state index in [4.69, 9.17) is 37.9 Å². The lowest BCUT2D eigenvalue weighted by Crippen LogP contribution is -2.66. The minimum absolute atomic E-state index is 0.00232. The Morgan fingerprint density at radius 2 is 1.30 bits per heavy atom. The molecule has 0 bridgehead atoms. The summed E-state index contributed by atoms with van der Waals surface area (Å²) in [5.41, 5.74) is -2.29. The highest BCUT2D eigenvalue weighted by Gasteiger charge is 2.56. The zero-order chi connectivity index (χ0) is 54.8. The quantitative estimate of drug-likeness (QED) is 0.0402. The largest absolute Gasteiger partial charge is 0.479 e. The highest BCUT2D eigenvalue weighted by Crippen LogP contribution is 2.38. The second-order valence-corrected chi connectivity index (χ2v) is 19.6. The fraction of sp³-hybridized carbons (Fsp3) is 0.481. The summed E-state index contributed by atoms with van der Waals surface area (Å²) in [5, 5.41) is 46.3. The second-order valence-electron chi connectivity index (χ2n) is 19.6. The number of esters is 3. The molecule has 1 aromatic heterocycles. The van der Waals surface area contributed by atoms with E-state index < -0.39 is 145 Å². The summed E-state index contributed by atoms with van der Waals surface area (Å²) in [6.45, 7) is 0.664. The van der Waals surface area contributed by atoms with E-state index in [0.717, 1.165) is 25.3 Å². The molecule has 23 heteroatoms. The van der Waals surface area contributed by atoms with Crippen molar-refractivity contribution in [1.82, 2.24) is 15.3 Å². The molecule has 4 fully saturated rings. The number of rotatable bonds is 19. The lowest BCUT2D eigenvalue weighted by Gasteiger charge is -2.49. The van der Waals surface area contributed by atoms with Gasteiger partial charge in [-0.05, 0) is 68.5 Å². The average molecular weight is 1070 g/mol. The van der Waals surface area contributed by atoms with Crippen LogP contribution in [0.2, 0.25) is 0 Å². The van der Waals surface area contributed by atoms with Crippen molar-refractivity contribution in [3.05, 3.63) is 140 Å². The van der Waals surface area contributed by atoms with Gasteiger partial charge in [0.25, 0.3) is 11.5 Å². The number of H-pyrrole nitrogens is 2. The van der Waals surface area contributed by atoms with E-state index in [1.165, 1.54) is 43.3 Å². The molecule has 2 aliphatic carbocycles. The van der Waals surface area contributed by atoms with Gasteiger partial charge in [-0.25, -0.2) is 24.0 Å². The standard InChI is InChI=1S/C54H61N3O20/c1-28-40(60)41(61)42(62)52(71-28)77-43-34(55-47(63)35-25-39(59)57-54(69)56-35)22-30(26-58)24-36(43)73-53-46(76-51(68)33-20-12-5-13-21-33)45(72-37(48(64)65)23-29-14-6-2-7-15-29)44(75-50(67)32-18-10-4-11-19-32)38(74-53)27-70-49(66)31-16-8-3-9-17-31/h3-5,8-13,16-21,25-26,28-30,34,36-38,40-46,52-53,60-62H,2,6-7,14-15,22-24,27H2,1H3,(H,55,63)(H,64,65)(H2,56,57,59,69)/t28?,30?,34?,36?,37-,38?,40?,41?,42?,43?,44?,45?,46?,52?,53?/m0/s1. The summed E-state index contributed by atoms with van der Waals surface area (Å²) in [5.74, 6) is -6.38. The van der Waals surface area contributed by atoms with Crippen molar-refractivity contribution in [2.45, 2.75) is 144 Å². The Kier molecular flexibility index (Phi) is 18.9. The zero-order valence-corrected chi connectivity index (χ0v) is 41.7. The molecule has 7 N–H and O–H groups in total. The van der Waals surface area contributed by atoms with Crippen LogP contribution in [0.1, 0.15) is 99.9 Å². The van der Waals surface area contributed by atoms with Crippen molar-refractivity contribution in [2.24, 2.45) is 11.8 Å². The van der Waals surface area contributed by atoms with Gasteiger partial charge in [0.2, 0.25) is 0 Å². The first-order chi connectivity index (χ1) is 37.1. The molecule has 3 heterocycles. The Hall–Kier alpha value is -6.96. The first-order valence-electron chi connectivity index (χ1n) is 25.4. The van der Waals surface area contributed by atoms with Crippen LogP contribution in [0, 0.1) is 11.8 Å². The molecule has 15 atom stereocenters. The molecule has 2 saturated carbocycles. The van der Waals surface area contributed by atoms with Crippen LogP contribution in [0.25, 0.3) is 0 Å². The average Bonchev–Trinajstić information content (AvgIpc) is 3.45. The molecule has 412 valence electrons. The molecule has 14 unspecified atom stereocenters. The first kappa shape index (κ1) is 56.2. The number of carbonyl (C=O) groups excluding carboxylic acids is 5. The van der Waals surface area contributed by atoms with Crippen molar-refractivity contribution in [3.63, 3.8) is 0 Å². The molecular formula is C54H61N3O20. The number of nitrogens with one attached hydrogen (secondary N) is 3. The van der Waals surface area contributed by atoms with Crippen LogP contribution >= 0.6 is 0 Å². The van der Waals surface area contributed by atoms with Gasteiger partial charge in [-0.3, -0.25) is 14.6 Å². The highest BCUT2D eigenvalue weighted by atomic mass is 16.8. The van der Waals surface area contributed by atoms with Gasteiger partial charge >= 0.3 is 29.6 Å². The fourth-order valence-corrected chi connectivity index (χ4v) is 10.1. The maximum Gasteiger partial charge on any atom is 0.338 e. The predicted molar refractivity (Wildman–Crippen MR) is 264 cm³/mol. The smallest absolute Gasteiger partial charge is 0.338 e. The molecule has 2 saturated heterocycles. The van der Waals surface area contributed by atoms with E-state index in [0.29, 0.717) is 19.1 Å². The number of aliphatic hydroxyl groups is 3. The van der Waals surface area contributed by atoms with Crippen molar-refractivity contribution < 1.29 is 87.1 Å². The summed E-state index contributed by atoms with van der Waals surface area (Å²) < 4.78 is 50.6. The minimum atomic E-state index is -1.96. The van der Waals surface area contributed by atoms with Gasteiger partial charge in [0, 0.05) is 12.0 Å². The summed E-state index contributed by atoms with van der Waals surface area (Å²) in [6.07, 6.45) is -18.0. The van der Waals surface area contributed by atoms with Crippen LogP contribution in [-0.4, -0.2) is 159 Å². The Labute approximate surface area is 440 Å². The molecule has 77 heavy (non-hydrogen) atoms. The molecule has 0 spiro atoms. The Morgan fingerprint density at radius 1 is 0.701 bits per heavy atom. The molecule has 4 aromatic rings. The summed E-state index contributed by atoms with van der Waals surface area (Å²) in [7, 11) is 0. The molecule has 4 aliphatic rings. The number of carboxylic acids is 1. The Bertz CT molecular complexity index is 2750. The number of aromatic nitrogens is 2. The van der Waals surface area contributed by atoms with E-state index in [1.54, 1.807) is 54.6 Å². The Balaban J connectivity index is 1.25. The third-order valence-electron chi connectivity index (χ3n) is 14.1.